The van der Waals surface area contributed by atoms with E-state index in [2.05, 4.69) is 44.6 Å². The molecule has 2 aromatic rings. The molecule has 0 spiro atoms. The molecule has 0 radical (unpaired) electrons. The molecule has 2 aromatic carbocycles. The summed E-state index contributed by atoms with van der Waals surface area (Å²) in [5.74, 6) is 0.667. The van der Waals surface area contributed by atoms with E-state index < -0.39 is 36.3 Å². The van der Waals surface area contributed by atoms with E-state index in [1.807, 2.05) is 62.3 Å². The highest BCUT2D eigenvalue weighted by molar-refractivity contribution is 5.97. The average Bonchev–Trinajstić information content (AvgIpc) is 3.55. The fourth-order valence-electron chi connectivity index (χ4n) is 9.51. The lowest BCUT2D eigenvalue weighted by Crippen LogP contribution is -2.62. The molecule has 0 unspecified atom stereocenters. The zero-order chi connectivity index (χ0) is 41.9. The van der Waals surface area contributed by atoms with Gasteiger partial charge in [0.1, 0.15) is 24.0 Å². The second-order valence-electron chi connectivity index (χ2n) is 17.3. The molecular formula is C45H65N5O7. The van der Waals surface area contributed by atoms with Gasteiger partial charge in [0.2, 0.25) is 5.91 Å². The highest BCUT2D eigenvalue weighted by Crippen LogP contribution is 2.61. The van der Waals surface area contributed by atoms with Crippen LogP contribution in [-0.4, -0.2) is 122 Å². The van der Waals surface area contributed by atoms with Crippen molar-refractivity contribution in [1.82, 2.24) is 20.6 Å². The van der Waals surface area contributed by atoms with Crippen molar-refractivity contribution in [3.63, 3.8) is 0 Å². The SMILES string of the molecule is C=C/C=C(\C=C)[C@@H](O)[C@@H](CN(C)C)NC(=O)c1cc(-c2cccc(CN3O[C@@H](CO)[C@@H]([C@H](C)O)[C@H]3C(=O)N[C@H]3C[C@H]4C[C@@H]([C@@H]3C)C4(C)C)c2OC)cc(N(C)C)c1. The van der Waals surface area contributed by atoms with Gasteiger partial charge in [-0.1, -0.05) is 70.4 Å². The Morgan fingerprint density at radius 2 is 1.84 bits per heavy atom. The van der Waals surface area contributed by atoms with E-state index in [0.29, 0.717) is 57.9 Å². The van der Waals surface area contributed by atoms with Crippen LogP contribution in [0, 0.1) is 29.1 Å². The van der Waals surface area contributed by atoms with Crippen molar-refractivity contribution in [2.45, 2.75) is 83.5 Å². The molecule has 3 saturated carbocycles. The Hall–Kier alpha value is -4.04. The summed E-state index contributed by atoms with van der Waals surface area (Å²) >= 11 is 0. The van der Waals surface area contributed by atoms with E-state index in [9.17, 15) is 24.9 Å². The van der Waals surface area contributed by atoms with Crippen molar-refractivity contribution in [2.24, 2.45) is 29.1 Å². The van der Waals surface area contributed by atoms with E-state index in [1.165, 1.54) is 6.42 Å². The summed E-state index contributed by atoms with van der Waals surface area (Å²) in [4.78, 5) is 38.4. The van der Waals surface area contributed by atoms with Crippen molar-refractivity contribution in [3.05, 3.63) is 84.5 Å². The number of hydrogen-bond donors (Lipinski definition) is 5. The Morgan fingerprint density at radius 3 is 2.40 bits per heavy atom. The number of ether oxygens (including phenoxy) is 1. The molecule has 5 N–H and O–H groups in total. The Balaban J connectivity index is 1.46. The quantitative estimate of drug-likeness (QED) is 0.146. The number of aliphatic hydroxyl groups is 3. The summed E-state index contributed by atoms with van der Waals surface area (Å²) in [6, 6.07) is 9.75. The van der Waals surface area contributed by atoms with Crippen LogP contribution in [0.1, 0.15) is 56.5 Å². The van der Waals surface area contributed by atoms with Crippen LogP contribution in [-0.2, 0) is 16.2 Å². The first-order valence-electron chi connectivity index (χ1n) is 20.1. The summed E-state index contributed by atoms with van der Waals surface area (Å²) in [7, 11) is 9.11. The van der Waals surface area contributed by atoms with Crippen molar-refractivity contribution < 1.29 is 34.5 Å². The standard InChI is InChI=1S/C45H65N5O7/c1-12-15-28(13-2)41(53)37(24-48(7)8)47-43(54)31-18-30(19-33(20-31)49(9)10)34-17-14-16-29(42(34)56-11)23-50-40(39(27(4)52)38(25-51)57-50)44(55)46-36-22-32-21-35(26(36)3)45(32,5)6/h12-20,26-27,32,35-41,51-53H,1-2,21-25H2,3-11H3,(H,46,55)(H,47,54)/b28-15+/t26-,27-,32+,35-,36-,37+,38-,39+,40-,41+/m0/s1. The second kappa shape index (κ2) is 18.3. The van der Waals surface area contributed by atoms with E-state index >= 15 is 0 Å². The highest BCUT2D eigenvalue weighted by Gasteiger charge is 2.57. The predicted octanol–water partition coefficient (Wildman–Crippen LogP) is 4.41. The van der Waals surface area contributed by atoms with Gasteiger partial charge in [-0.15, -0.1) is 0 Å². The predicted molar refractivity (Wildman–Crippen MR) is 225 cm³/mol. The topological polar surface area (TPSA) is 147 Å². The lowest BCUT2D eigenvalue weighted by molar-refractivity contribution is -0.183. The van der Waals surface area contributed by atoms with E-state index in [1.54, 1.807) is 49.5 Å². The Labute approximate surface area is 339 Å². The molecule has 1 saturated heterocycles. The monoisotopic (exact) mass is 787 g/mol. The molecule has 312 valence electrons. The van der Waals surface area contributed by atoms with Crippen LogP contribution in [0.4, 0.5) is 5.69 Å². The molecule has 12 nitrogen and oxygen atoms in total. The number of carbonyl (C=O) groups excluding carboxylic acids is 2. The maximum atomic E-state index is 14.3. The van der Waals surface area contributed by atoms with E-state index in [0.717, 1.165) is 12.1 Å². The van der Waals surface area contributed by atoms with Gasteiger partial charge in [0, 0.05) is 55.0 Å². The summed E-state index contributed by atoms with van der Waals surface area (Å²) in [6.45, 7) is 16.2. The van der Waals surface area contributed by atoms with Gasteiger partial charge in [-0.25, -0.2) is 0 Å². The Kier molecular flexibility index (Phi) is 14.1. The minimum absolute atomic E-state index is 0.0151. The van der Waals surface area contributed by atoms with Gasteiger partial charge >= 0.3 is 0 Å². The number of allylic oxidation sites excluding steroid dienone is 2. The van der Waals surface area contributed by atoms with Crippen LogP contribution in [0.2, 0.25) is 0 Å². The smallest absolute Gasteiger partial charge is 0.251 e. The average molecular weight is 788 g/mol. The number of hydroxylamine groups is 2. The molecule has 57 heavy (non-hydrogen) atoms. The molecule has 0 aromatic heterocycles. The fourth-order valence-corrected chi connectivity index (χ4v) is 9.51. The normalized spacial score (nSPS) is 27.2. The van der Waals surface area contributed by atoms with E-state index in [4.69, 9.17) is 9.57 Å². The lowest BCUT2D eigenvalue weighted by atomic mass is 9.45. The summed E-state index contributed by atoms with van der Waals surface area (Å²) < 4.78 is 6.08. The number of methoxy groups -OCH3 is 1. The molecule has 4 fully saturated rings. The third kappa shape index (κ3) is 9.16. The first-order chi connectivity index (χ1) is 27.0. The Morgan fingerprint density at radius 1 is 1.12 bits per heavy atom. The minimum Gasteiger partial charge on any atom is -0.496 e. The number of nitrogens with one attached hydrogen (secondary N) is 2. The van der Waals surface area contributed by atoms with Gasteiger partial charge in [-0.3, -0.25) is 14.4 Å². The number of aliphatic hydroxyl groups excluding tert-OH is 3. The Bertz CT molecular complexity index is 1810. The van der Waals surface area contributed by atoms with Crippen LogP contribution in [0.5, 0.6) is 5.75 Å². The lowest BCUT2D eigenvalue weighted by Gasteiger charge is -2.62. The van der Waals surface area contributed by atoms with Gasteiger partial charge in [-0.2, -0.15) is 5.06 Å². The van der Waals surface area contributed by atoms with Crippen LogP contribution < -0.4 is 20.3 Å². The van der Waals surface area contributed by atoms with Gasteiger partial charge in [0.15, 0.2) is 0 Å². The summed E-state index contributed by atoms with van der Waals surface area (Å²) in [5.41, 5.74) is 4.10. The van der Waals surface area contributed by atoms with Crippen molar-refractivity contribution in [3.8, 4) is 16.9 Å². The van der Waals surface area contributed by atoms with Crippen molar-refractivity contribution in [1.29, 1.82) is 0 Å². The highest BCUT2D eigenvalue weighted by atomic mass is 16.7. The zero-order valence-corrected chi connectivity index (χ0v) is 35.2. The molecule has 1 heterocycles. The zero-order valence-electron chi connectivity index (χ0n) is 35.2. The molecule has 3 aliphatic carbocycles. The first-order valence-corrected chi connectivity index (χ1v) is 20.1. The molecular weight excluding hydrogens is 723 g/mol. The first kappa shape index (κ1) is 44.1. The molecule has 2 amide bonds. The third-order valence-corrected chi connectivity index (χ3v) is 12.8. The number of nitrogens with zero attached hydrogens (tertiary/aromatic N) is 3. The van der Waals surface area contributed by atoms with Crippen LogP contribution in [0.15, 0.2) is 73.4 Å². The molecule has 10 atom stereocenters. The number of benzene rings is 2. The maximum absolute atomic E-state index is 14.3. The van der Waals surface area contributed by atoms with Gasteiger partial charge < -0.3 is 40.5 Å². The summed E-state index contributed by atoms with van der Waals surface area (Å²) in [6.07, 6.45) is 4.17. The number of fused-ring (bicyclic) bond motifs is 2. The van der Waals surface area contributed by atoms with Crippen molar-refractivity contribution >= 4 is 17.5 Å². The third-order valence-electron chi connectivity index (χ3n) is 12.8. The minimum atomic E-state index is -1.03. The summed E-state index contributed by atoms with van der Waals surface area (Å²) in [5, 5.41) is 40.6. The van der Waals surface area contributed by atoms with Crippen LogP contribution in [0.25, 0.3) is 11.1 Å². The van der Waals surface area contributed by atoms with Gasteiger partial charge in [0.25, 0.3) is 5.91 Å². The van der Waals surface area contributed by atoms with Crippen LogP contribution in [0.3, 0.4) is 0 Å². The van der Waals surface area contributed by atoms with Crippen LogP contribution >= 0.6 is 0 Å². The number of rotatable bonds is 17. The van der Waals surface area contributed by atoms with Gasteiger partial charge in [0.05, 0.1) is 32.4 Å². The fraction of sp³-hybridized carbons (Fsp3) is 0.556. The number of para-hydroxylation sites is 1. The number of anilines is 1. The molecule has 12 heteroatoms. The van der Waals surface area contributed by atoms with Gasteiger partial charge in [-0.05, 0) is 86.4 Å². The van der Waals surface area contributed by atoms with E-state index in [-0.39, 0.29) is 36.4 Å². The number of likely N-dealkylation sites (N-methyl/N-ethyl adjacent to an activating group) is 1. The largest absolute Gasteiger partial charge is 0.496 e. The maximum Gasteiger partial charge on any atom is 0.251 e. The second-order valence-corrected chi connectivity index (χ2v) is 17.3. The number of hydrogen-bond acceptors (Lipinski definition) is 10. The number of amides is 2. The molecule has 2 bridgehead atoms. The molecule has 6 rings (SSSR count). The molecule has 4 aliphatic rings. The number of carbonyl (C=O) groups is 2. The molecule has 1 aliphatic heterocycles. The van der Waals surface area contributed by atoms with Crippen molar-refractivity contribution in [2.75, 3.05) is 53.4 Å².